The molecule has 2 rings (SSSR count). The highest BCUT2D eigenvalue weighted by Gasteiger charge is 2.17. The summed E-state index contributed by atoms with van der Waals surface area (Å²) in [7, 11) is 0. The first kappa shape index (κ1) is 14.8. The monoisotopic (exact) mass is 286 g/mol. The summed E-state index contributed by atoms with van der Waals surface area (Å²) in [5.41, 5.74) is 7.28. The molecule has 3 N–H and O–H groups in total. The number of nitrogens with zero attached hydrogens (tertiary/aromatic N) is 2. The Morgan fingerprint density at radius 2 is 2.14 bits per heavy atom. The number of aromatic nitrogens is 2. The number of hydrogen-bond donors (Lipinski definition) is 2. The van der Waals surface area contributed by atoms with Crippen LogP contribution in [0.4, 0.5) is 5.69 Å². The third-order valence-electron chi connectivity index (χ3n) is 3.00. The Morgan fingerprint density at radius 1 is 1.33 bits per heavy atom. The predicted molar refractivity (Wildman–Crippen MR) is 80.7 cm³/mol. The second kappa shape index (κ2) is 6.69. The smallest absolute Gasteiger partial charge is 0.274 e. The van der Waals surface area contributed by atoms with Gasteiger partial charge in [-0.3, -0.25) is 9.59 Å². The van der Waals surface area contributed by atoms with E-state index >= 15 is 0 Å². The fourth-order valence-electron chi connectivity index (χ4n) is 2.06. The normalized spacial score (nSPS) is 10.3. The Bertz CT molecular complexity index is 661. The van der Waals surface area contributed by atoms with Crippen LogP contribution in [0.25, 0.3) is 0 Å². The minimum Gasteiger partial charge on any atom is -0.399 e. The summed E-state index contributed by atoms with van der Waals surface area (Å²) < 4.78 is 0. The number of nitrogens with one attached hydrogen (secondary N) is 1. The standard InChI is InChI=1S/C15H18N4O2/c1-2-8-19(10-11-4-3-5-12(16)9-11)15(21)13-6-7-14(20)18-17-13/h3-7,9H,2,8,10,16H2,1H3,(H,18,20). The van der Waals surface area contributed by atoms with Crippen molar-refractivity contribution in [1.29, 1.82) is 0 Å². The topological polar surface area (TPSA) is 92.1 Å². The van der Waals surface area contributed by atoms with Gasteiger partial charge in [0.05, 0.1) is 0 Å². The molecule has 0 atom stereocenters. The van der Waals surface area contributed by atoms with Gasteiger partial charge in [-0.15, -0.1) is 0 Å². The van der Waals surface area contributed by atoms with Crippen LogP contribution in [0.1, 0.15) is 29.4 Å². The molecule has 110 valence electrons. The lowest BCUT2D eigenvalue weighted by Crippen LogP contribution is -2.32. The van der Waals surface area contributed by atoms with Crippen molar-refractivity contribution in [3.8, 4) is 0 Å². The van der Waals surface area contributed by atoms with Crippen molar-refractivity contribution in [2.24, 2.45) is 0 Å². The summed E-state index contributed by atoms with van der Waals surface area (Å²) in [4.78, 5) is 25.1. The number of anilines is 1. The van der Waals surface area contributed by atoms with Gasteiger partial charge in [0.15, 0.2) is 0 Å². The maximum absolute atomic E-state index is 12.4. The van der Waals surface area contributed by atoms with Gasteiger partial charge in [0, 0.05) is 24.8 Å². The van der Waals surface area contributed by atoms with Crippen molar-refractivity contribution < 1.29 is 4.79 Å². The summed E-state index contributed by atoms with van der Waals surface area (Å²) in [6.45, 7) is 3.06. The molecule has 1 aromatic carbocycles. The number of nitrogens with two attached hydrogens (primary N) is 1. The zero-order valence-electron chi connectivity index (χ0n) is 11.9. The summed E-state index contributed by atoms with van der Waals surface area (Å²) in [5, 5.41) is 6.06. The van der Waals surface area contributed by atoms with Gasteiger partial charge in [-0.1, -0.05) is 19.1 Å². The largest absolute Gasteiger partial charge is 0.399 e. The third-order valence-corrected chi connectivity index (χ3v) is 3.00. The molecule has 0 fully saturated rings. The number of amides is 1. The van der Waals surface area contributed by atoms with Crippen LogP contribution in [0.5, 0.6) is 0 Å². The van der Waals surface area contributed by atoms with Crippen LogP contribution in [0.3, 0.4) is 0 Å². The summed E-state index contributed by atoms with van der Waals surface area (Å²) in [5.74, 6) is -0.212. The summed E-state index contributed by atoms with van der Waals surface area (Å²) in [6, 6.07) is 10.2. The molecule has 2 aromatic rings. The number of hydrogen-bond acceptors (Lipinski definition) is 4. The molecule has 6 nitrogen and oxygen atoms in total. The lowest BCUT2D eigenvalue weighted by molar-refractivity contribution is 0.0736. The second-order valence-corrected chi connectivity index (χ2v) is 4.78. The lowest BCUT2D eigenvalue weighted by Gasteiger charge is -2.21. The third kappa shape index (κ3) is 3.92. The molecule has 1 amide bonds. The molecule has 0 bridgehead atoms. The Balaban J connectivity index is 2.19. The maximum Gasteiger partial charge on any atom is 0.274 e. The molecule has 0 radical (unpaired) electrons. The SMILES string of the molecule is CCCN(Cc1cccc(N)c1)C(=O)c1ccc(=O)[nH]n1. The number of carbonyl (C=O) groups excluding carboxylic acids is 1. The van der Waals surface area contributed by atoms with Gasteiger partial charge < -0.3 is 10.6 Å². The fraction of sp³-hybridized carbons (Fsp3) is 0.267. The molecule has 6 heteroatoms. The van der Waals surface area contributed by atoms with Crippen molar-refractivity contribution >= 4 is 11.6 Å². The Morgan fingerprint density at radius 3 is 2.76 bits per heavy atom. The van der Waals surface area contributed by atoms with Gasteiger partial charge in [0.2, 0.25) is 0 Å². The number of aromatic amines is 1. The molecule has 21 heavy (non-hydrogen) atoms. The highest BCUT2D eigenvalue weighted by atomic mass is 16.2. The highest BCUT2D eigenvalue weighted by Crippen LogP contribution is 2.12. The van der Waals surface area contributed by atoms with E-state index in [2.05, 4.69) is 10.2 Å². The van der Waals surface area contributed by atoms with Crippen molar-refractivity contribution in [1.82, 2.24) is 15.1 Å². The van der Waals surface area contributed by atoms with E-state index in [0.29, 0.717) is 18.8 Å². The molecular formula is C15H18N4O2. The molecule has 0 aliphatic heterocycles. The molecule has 0 spiro atoms. The average Bonchev–Trinajstić information content (AvgIpc) is 2.47. The zero-order valence-corrected chi connectivity index (χ0v) is 11.9. The van der Waals surface area contributed by atoms with Crippen LogP contribution < -0.4 is 11.3 Å². The maximum atomic E-state index is 12.4. The minimum atomic E-state index is -0.329. The van der Waals surface area contributed by atoms with Crippen LogP contribution in [0.15, 0.2) is 41.2 Å². The van der Waals surface area contributed by atoms with E-state index in [1.165, 1.54) is 12.1 Å². The van der Waals surface area contributed by atoms with Crippen LogP contribution in [0.2, 0.25) is 0 Å². The average molecular weight is 286 g/mol. The van der Waals surface area contributed by atoms with E-state index in [4.69, 9.17) is 5.73 Å². The van der Waals surface area contributed by atoms with Gasteiger partial charge >= 0.3 is 0 Å². The summed E-state index contributed by atoms with van der Waals surface area (Å²) >= 11 is 0. The van der Waals surface area contributed by atoms with Crippen LogP contribution in [0, 0.1) is 0 Å². The Kier molecular flexibility index (Phi) is 4.71. The number of benzene rings is 1. The van der Waals surface area contributed by atoms with E-state index < -0.39 is 0 Å². The molecule has 1 aromatic heterocycles. The van der Waals surface area contributed by atoms with E-state index in [9.17, 15) is 9.59 Å². The zero-order chi connectivity index (χ0) is 15.2. The van der Waals surface area contributed by atoms with Crippen molar-refractivity contribution in [2.75, 3.05) is 12.3 Å². The van der Waals surface area contributed by atoms with Gasteiger partial charge in [-0.2, -0.15) is 5.10 Å². The number of rotatable bonds is 5. The number of H-pyrrole nitrogens is 1. The van der Waals surface area contributed by atoms with E-state index in [0.717, 1.165) is 12.0 Å². The molecular weight excluding hydrogens is 268 g/mol. The second-order valence-electron chi connectivity index (χ2n) is 4.78. The first-order valence-corrected chi connectivity index (χ1v) is 6.79. The van der Waals surface area contributed by atoms with E-state index in [-0.39, 0.29) is 17.2 Å². The van der Waals surface area contributed by atoms with Crippen molar-refractivity contribution in [3.63, 3.8) is 0 Å². The number of nitrogen functional groups attached to an aromatic ring is 1. The fourth-order valence-corrected chi connectivity index (χ4v) is 2.06. The minimum absolute atomic E-state index is 0.212. The molecule has 0 aliphatic rings. The first-order chi connectivity index (χ1) is 10.1. The molecule has 0 saturated carbocycles. The van der Waals surface area contributed by atoms with Gasteiger partial charge in [0.25, 0.3) is 11.5 Å². The lowest BCUT2D eigenvalue weighted by atomic mass is 10.1. The van der Waals surface area contributed by atoms with Gasteiger partial charge in [-0.25, -0.2) is 5.10 Å². The van der Waals surface area contributed by atoms with Crippen LogP contribution >= 0.6 is 0 Å². The predicted octanol–water partition coefficient (Wildman–Crippen LogP) is 1.40. The van der Waals surface area contributed by atoms with Crippen LogP contribution in [-0.2, 0) is 6.54 Å². The quantitative estimate of drug-likeness (QED) is 0.813. The first-order valence-electron chi connectivity index (χ1n) is 6.79. The summed E-state index contributed by atoms with van der Waals surface area (Å²) in [6.07, 6.45) is 0.831. The van der Waals surface area contributed by atoms with E-state index in [1.807, 2.05) is 25.1 Å². The molecule has 0 saturated heterocycles. The van der Waals surface area contributed by atoms with Gasteiger partial charge in [-0.05, 0) is 30.2 Å². The highest BCUT2D eigenvalue weighted by molar-refractivity contribution is 5.92. The van der Waals surface area contributed by atoms with Crippen molar-refractivity contribution in [3.05, 3.63) is 58.0 Å². The molecule has 0 unspecified atom stereocenters. The van der Waals surface area contributed by atoms with Gasteiger partial charge in [0.1, 0.15) is 5.69 Å². The molecule has 0 aliphatic carbocycles. The van der Waals surface area contributed by atoms with E-state index in [1.54, 1.807) is 11.0 Å². The van der Waals surface area contributed by atoms with Crippen molar-refractivity contribution in [2.45, 2.75) is 19.9 Å². The Hall–Kier alpha value is -2.63. The van der Waals surface area contributed by atoms with Crippen LogP contribution in [-0.4, -0.2) is 27.5 Å². The number of carbonyl (C=O) groups is 1. The molecule has 1 heterocycles. The Labute approximate surface area is 122 Å².